The number of aryl methyl sites for hydroxylation is 2. The topological polar surface area (TPSA) is 49.9 Å². The monoisotopic (exact) mass is 291 g/mol. The van der Waals surface area contributed by atoms with Crippen LogP contribution < -0.4 is 0 Å². The zero-order chi connectivity index (χ0) is 14.8. The van der Waals surface area contributed by atoms with Gasteiger partial charge in [0.1, 0.15) is 5.03 Å². The highest BCUT2D eigenvalue weighted by atomic mass is 32.2. The van der Waals surface area contributed by atoms with E-state index < -0.39 is 9.84 Å². The number of aromatic amines is 1. The Hall–Kier alpha value is -1.55. The van der Waals surface area contributed by atoms with Crippen molar-refractivity contribution in [1.82, 2.24) is 4.98 Å². The highest BCUT2D eigenvalue weighted by Crippen LogP contribution is 2.26. The highest BCUT2D eigenvalue weighted by molar-refractivity contribution is 7.91. The van der Waals surface area contributed by atoms with Crippen LogP contribution in [0.15, 0.2) is 40.4 Å². The molecule has 1 aromatic heterocycles. The number of nitrogens with one attached hydrogen (secondary N) is 1. The number of H-pyrrole nitrogens is 1. The number of rotatable bonds is 5. The van der Waals surface area contributed by atoms with E-state index in [2.05, 4.69) is 11.9 Å². The number of benzene rings is 1. The molecule has 4 heteroatoms. The van der Waals surface area contributed by atoms with Gasteiger partial charge in [-0.25, -0.2) is 8.42 Å². The van der Waals surface area contributed by atoms with E-state index in [1.807, 2.05) is 26.0 Å². The maximum Gasteiger partial charge on any atom is 0.222 e. The number of aromatic nitrogens is 1. The van der Waals surface area contributed by atoms with Gasteiger partial charge in [-0.05, 0) is 49.9 Å². The van der Waals surface area contributed by atoms with Crippen LogP contribution in [0.2, 0.25) is 0 Å². The Morgan fingerprint density at radius 3 is 2.35 bits per heavy atom. The quantitative estimate of drug-likeness (QED) is 0.910. The van der Waals surface area contributed by atoms with E-state index in [0.29, 0.717) is 9.92 Å². The van der Waals surface area contributed by atoms with Crippen molar-refractivity contribution in [3.8, 4) is 0 Å². The SMILES string of the molecule is CCCCc1c(C)c[nH]c1S(=O)(=O)c1ccc(C)cc1. The summed E-state index contributed by atoms with van der Waals surface area (Å²) < 4.78 is 25.4. The molecule has 0 saturated carbocycles. The highest BCUT2D eigenvalue weighted by Gasteiger charge is 2.23. The van der Waals surface area contributed by atoms with Gasteiger partial charge in [0.25, 0.3) is 0 Å². The Balaban J connectivity index is 2.47. The summed E-state index contributed by atoms with van der Waals surface area (Å²) in [6.45, 7) is 6.01. The predicted molar refractivity (Wildman–Crippen MR) is 80.8 cm³/mol. The molecule has 0 fully saturated rings. The molecule has 0 unspecified atom stereocenters. The zero-order valence-electron chi connectivity index (χ0n) is 12.2. The minimum Gasteiger partial charge on any atom is -0.352 e. The summed E-state index contributed by atoms with van der Waals surface area (Å²) in [5.41, 5.74) is 2.99. The average Bonchev–Trinajstić information content (AvgIpc) is 2.79. The Morgan fingerprint density at radius 2 is 1.75 bits per heavy atom. The van der Waals surface area contributed by atoms with Gasteiger partial charge in [-0.15, -0.1) is 0 Å². The van der Waals surface area contributed by atoms with Crippen molar-refractivity contribution in [3.63, 3.8) is 0 Å². The van der Waals surface area contributed by atoms with Gasteiger partial charge in [0.2, 0.25) is 9.84 Å². The fourth-order valence-electron chi connectivity index (χ4n) is 2.27. The maximum absolute atomic E-state index is 12.7. The Labute approximate surface area is 121 Å². The fraction of sp³-hybridized carbons (Fsp3) is 0.375. The van der Waals surface area contributed by atoms with Crippen molar-refractivity contribution in [3.05, 3.63) is 47.2 Å². The van der Waals surface area contributed by atoms with Gasteiger partial charge in [0.05, 0.1) is 4.90 Å². The van der Waals surface area contributed by atoms with Crippen molar-refractivity contribution in [2.75, 3.05) is 0 Å². The second-order valence-electron chi connectivity index (χ2n) is 5.20. The fourth-order valence-corrected chi connectivity index (χ4v) is 3.80. The predicted octanol–water partition coefficient (Wildman–Crippen LogP) is 3.81. The number of unbranched alkanes of at least 4 members (excludes halogenated alkanes) is 1. The van der Waals surface area contributed by atoms with Crippen LogP contribution in [0.5, 0.6) is 0 Å². The molecule has 2 rings (SSSR count). The Kier molecular flexibility index (Phi) is 4.33. The molecule has 0 spiro atoms. The number of hydrogen-bond donors (Lipinski definition) is 1. The van der Waals surface area contributed by atoms with E-state index in [1.165, 1.54) is 0 Å². The van der Waals surface area contributed by atoms with Crippen molar-refractivity contribution < 1.29 is 8.42 Å². The lowest BCUT2D eigenvalue weighted by Crippen LogP contribution is -2.06. The summed E-state index contributed by atoms with van der Waals surface area (Å²) in [7, 11) is -3.45. The Morgan fingerprint density at radius 1 is 1.10 bits per heavy atom. The zero-order valence-corrected chi connectivity index (χ0v) is 13.0. The van der Waals surface area contributed by atoms with Crippen molar-refractivity contribution in [2.45, 2.75) is 50.0 Å². The van der Waals surface area contributed by atoms with Crippen LogP contribution in [0, 0.1) is 13.8 Å². The van der Waals surface area contributed by atoms with E-state index in [-0.39, 0.29) is 0 Å². The standard InChI is InChI=1S/C16H21NO2S/c1-4-5-6-15-13(3)11-17-16(15)20(18,19)14-9-7-12(2)8-10-14/h7-11,17H,4-6H2,1-3H3. The third-order valence-corrected chi connectivity index (χ3v) is 5.34. The van der Waals surface area contributed by atoms with Crippen LogP contribution in [0.4, 0.5) is 0 Å². The van der Waals surface area contributed by atoms with Gasteiger partial charge < -0.3 is 4.98 Å². The van der Waals surface area contributed by atoms with Crippen molar-refractivity contribution in [1.29, 1.82) is 0 Å². The molecular formula is C16H21NO2S. The summed E-state index contributed by atoms with van der Waals surface area (Å²) in [6, 6.07) is 7.00. The van der Waals surface area contributed by atoms with Crippen LogP contribution in [0.3, 0.4) is 0 Å². The molecule has 1 N–H and O–H groups in total. The normalized spacial score (nSPS) is 11.8. The van der Waals surface area contributed by atoms with Crippen LogP contribution in [-0.2, 0) is 16.3 Å². The van der Waals surface area contributed by atoms with E-state index in [1.54, 1.807) is 18.3 Å². The lowest BCUT2D eigenvalue weighted by Gasteiger charge is -2.07. The third-order valence-electron chi connectivity index (χ3n) is 3.55. The smallest absolute Gasteiger partial charge is 0.222 e. The second kappa shape index (κ2) is 5.83. The first kappa shape index (κ1) is 14.9. The van der Waals surface area contributed by atoms with Crippen LogP contribution in [-0.4, -0.2) is 13.4 Å². The van der Waals surface area contributed by atoms with Gasteiger partial charge in [-0.3, -0.25) is 0 Å². The van der Waals surface area contributed by atoms with E-state index >= 15 is 0 Å². The van der Waals surface area contributed by atoms with E-state index in [4.69, 9.17) is 0 Å². The van der Waals surface area contributed by atoms with Crippen LogP contribution >= 0.6 is 0 Å². The summed E-state index contributed by atoms with van der Waals surface area (Å²) in [4.78, 5) is 3.30. The van der Waals surface area contributed by atoms with Gasteiger partial charge in [-0.1, -0.05) is 31.0 Å². The van der Waals surface area contributed by atoms with Gasteiger partial charge in [-0.2, -0.15) is 0 Å². The summed E-state index contributed by atoms with van der Waals surface area (Å²) in [5, 5.41) is 0.354. The minimum absolute atomic E-state index is 0.350. The molecule has 1 aromatic carbocycles. The molecule has 0 radical (unpaired) electrons. The lowest BCUT2D eigenvalue weighted by molar-refractivity contribution is 0.591. The molecule has 0 bridgehead atoms. The third kappa shape index (κ3) is 2.80. The number of sulfone groups is 1. The minimum atomic E-state index is -3.45. The molecule has 0 atom stereocenters. The molecule has 0 aliphatic rings. The first-order chi connectivity index (χ1) is 9.46. The Bertz CT molecular complexity index is 682. The molecule has 0 saturated heterocycles. The molecular weight excluding hydrogens is 270 g/mol. The van der Waals surface area contributed by atoms with Gasteiger partial charge in [0, 0.05) is 6.20 Å². The van der Waals surface area contributed by atoms with E-state index in [9.17, 15) is 8.42 Å². The molecule has 20 heavy (non-hydrogen) atoms. The van der Waals surface area contributed by atoms with Crippen LogP contribution in [0.25, 0.3) is 0 Å². The first-order valence-electron chi connectivity index (χ1n) is 6.95. The lowest BCUT2D eigenvalue weighted by atomic mass is 10.1. The largest absolute Gasteiger partial charge is 0.352 e. The summed E-state index contributed by atoms with van der Waals surface area (Å²) in [5.74, 6) is 0. The molecule has 0 aliphatic carbocycles. The summed E-state index contributed by atoms with van der Waals surface area (Å²) >= 11 is 0. The number of hydrogen-bond acceptors (Lipinski definition) is 2. The average molecular weight is 291 g/mol. The van der Waals surface area contributed by atoms with Crippen LogP contribution in [0.1, 0.15) is 36.5 Å². The molecule has 1 heterocycles. The summed E-state index contributed by atoms with van der Waals surface area (Å²) in [6.07, 6.45) is 4.63. The van der Waals surface area contributed by atoms with Crippen molar-refractivity contribution >= 4 is 9.84 Å². The van der Waals surface area contributed by atoms with Crippen molar-refractivity contribution in [2.24, 2.45) is 0 Å². The molecule has 0 aliphatic heterocycles. The molecule has 2 aromatic rings. The van der Waals surface area contributed by atoms with Gasteiger partial charge in [0.15, 0.2) is 0 Å². The van der Waals surface area contributed by atoms with Gasteiger partial charge >= 0.3 is 0 Å². The second-order valence-corrected chi connectivity index (χ2v) is 7.09. The molecule has 108 valence electrons. The first-order valence-corrected chi connectivity index (χ1v) is 8.43. The maximum atomic E-state index is 12.7. The molecule has 0 amide bonds. The van der Waals surface area contributed by atoms with E-state index in [0.717, 1.165) is 36.0 Å². The molecule has 3 nitrogen and oxygen atoms in total.